The maximum absolute atomic E-state index is 12.8. The van der Waals surface area contributed by atoms with Gasteiger partial charge < -0.3 is 14.6 Å². The normalized spacial score (nSPS) is 14.8. The number of aromatic nitrogens is 8. The Balaban J connectivity index is 1.05. The molecule has 1 fully saturated rings. The van der Waals surface area contributed by atoms with E-state index in [4.69, 9.17) is 0 Å². The van der Waals surface area contributed by atoms with E-state index >= 15 is 0 Å². The number of carbonyl (C=O) groups excluding carboxylic acids is 1. The van der Waals surface area contributed by atoms with Gasteiger partial charge in [0.15, 0.2) is 5.65 Å². The molecule has 33 heavy (non-hydrogen) atoms. The highest BCUT2D eigenvalue weighted by atomic mass is 16.1. The first-order chi connectivity index (χ1) is 16.2. The highest BCUT2D eigenvalue weighted by Gasteiger charge is 2.26. The molecule has 0 atom stereocenters. The van der Waals surface area contributed by atoms with Gasteiger partial charge in [0.25, 0.3) is 0 Å². The van der Waals surface area contributed by atoms with Crippen molar-refractivity contribution in [2.45, 2.75) is 19.4 Å². The Hall–Kier alpha value is -4.28. The molecule has 0 radical (unpaired) electrons. The van der Waals surface area contributed by atoms with Crippen LogP contribution in [0.15, 0.2) is 61.4 Å². The average Bonchev–Trinajstić information content (AvgIpc) is 3.58. The molecule has 1 N–H and O–H groups in total. The zero-order valence-corrected chi connectivity index (χ0v) is 17.8. The van der Waals surface area contributed by atoms with Crippen molar-refractivity contribution in [2.24, 2.45) is 5.92 Å². The van der Waals surface area contributed by atoms with Gasteiger partial charge in [-0.25, -0.2) is 4.98 Å². The van der Waals surface area contributed by atoms with Crippen LogP contribution in [0.3, 0.4) is 0 Å². The SMILES string of the molecule is O=C(Nc1cnn(Cc2cn3ccccc3n2)c1)C1CCN(c2ccc3nncn3n2)CC1. The van der Waals surface area contributed by atoms with E-state index in [-0.39, 0.29) is 11.8 Å². The first-order valence-electron chi connectivity index (χ1n) is 10.9. The zero-order valence-electron chi connectivity index (χ0n) is 17.8. The molecule has 0 aliphatic carbocycles. The summed E-state index contributed by atoms with van der Waals surface area (Å²) in [6, 6.07) is 9.74. The fourth-order valence-electron chi connectivity index (χ4n) is 4.25. The van der Waals surface area contributed by atoms with Crippen molar-refractivity contribution in [3.05, 3.63) is 67.1 Å². The molecule has 11 nitrogen and oxygen atoms in total. The van der Waals surface area contributed by atoms with Gasteiger partial charge in [-0.1, -0.05) is 6.07 Å². The van der Waals surface area contributed by atoms with Crippen molar-refractivity contribution in [1.82, 2.24) is 39.0 Å². The Morgan fingerprint density at radius 2 is 2.00 bits per heavy atom. The van der Waals surface area contributed by atoms with Crippen LogP contribution < -0.4 is 10.2 Å². The van der Waals surface area contributed by atoms with Crippen molar-refractivity contribution in [3.8, 4) is 0 Å². The number of imidazole rings is 1. The Morgan fingerprint density at radius 3 is 2.88 bits per heavy atom. The number of fused-ring (bicyclic) bond motifs is 2. The molecular formula is C22H22N10O. The Morgan fingerprint density at radius 1 is 1.09 bits per heavy atom. The van der Waals surface area contributed by atoms with Gasteiger partial charge >= 0.3 is 0 Å². The largest absolute Gasteiger partial charge is 0.355 e. The third-order valence-electron chi connectivity index (χ3n) is 5.98. The number of nitrogens with zero attached hydrogens (tertiary/aromatic N) is 9. The molecule has 0 bridgehead atoms. The molecule has 6 heterocycles. The number of hydrogen-bond donors (Lipinski definition) is 1. The number of carbonyl (C=O) groups is 1. The lowest BCUT2D eigenvalue weighted by Gasteiger charge is -2.31. The standard InChI is InChI=1S/C22H22N10O/c33-22(16-6-9-29(10-7-16)21-5-4-20-27-23-15-32(20)28-21)26-17-11-24-31(13-17)14-18-12-30-8-2-1-3-19(30)25-18/h1-5,8,11-13,15-16H,6-7,9-10,14H2,(H,26,33). The Kier molecular flexibility index (Phi) is 4.71. The number of nitrogens with one attached hydrogen (secondary N) is 1. The molecule has 166 valence electrons. The molecule has 0 spiro atoms. The minimum atomic E-state index is -0.0401. The molecule has 5 aromatic heterocycles. The predicted octanol–water partition coefficient (Wildman–Crippen LogP) is 1.87. The van der Waals surface area contributed by atoms with Gasteiger partial charge in [-0.3, -0.25) is 9.48 Å². The fourth-order valence-corrected chi connectivity index (χ4v) is 4.25. The van der Waals surface area contributed by atoms with E-state index in [1.54, 1.807) is 21.7 Å². The van der Waals surface area contributed by atoms with Gasteiger partial charge in [0.2, 0.25) is 5.91 Å². The van der Waals surface area contributed by atoms with Gasteiger partial charge in [-0.2, -0.15) is 9.61 Å². The smallest absolute Gasteiger partial charge is 0.227 e. The molecule has 1 amide bonds. The minimum Gasteiger partial charge on any atom is -0.355 e. The summed E-state index contributed by atoms with van der Waals surface area (Å²) in [5.41, 5.74) is 3.23. The topological polar surface area (TPSA) is 111 Å². The van der Waals surface area contributed by atoms with E-state index in [0.29, 0.717) is 12.2 Å². The van der Waals surface area contributed by atoms with Gasteiger partial charge in [0.05, 0.1) is 24.1 Å². The van der Waals surface area contributed by atoms with Gasteiger partial charge in [-0.05, 0) is 37.1 Å². The second kappa shape index (κ2) is 8.01. The van der Waals surface area contributed by atoms with Crippen LogP contribution in [0.1, 0.15) is 18.5 Å². The molecule has 1 aliphatic rings. The Labute approximate surface area is 188 Å². The van der Waals surface area contributed by atoms with E-state index < -0.39 is 0 Å². The van der Waals surface area contributed by atoms with Gasteiger partial charge in [0.1, 0.15) is 17.8 Å². The van der Waals surface area contributed by atoms with E-state index in [1.807, 2.05) is 53.3 Å². The zero-order chi connectivity index (χ0) is 22.2. The van der Waals surface area contributed by atoms with Crippen LogP contribution in [0.4, 0.5) is 11.5 Å². The molecule has 11 heteroatoms. The first-order valence-corrected chi connectivity index (χ1v) is 10.9. The second-order valence-electron chi connectivity index (χ2n) is 8.20. The van der Waals surface area contributed by atoms with Crippen LogP contribution in [0, 0.1) is 5.92 Å². The maximum atomic E-state index is 12.8. The summed E-state index contributed by atoms with van der Waals surface area (Å²) in [6.07, 6.45) is 10.6. The van der Waals surface area contributed by atoms with Crippen molar-refractivity contribution >= 4 is 28.7 Å². The summed E-state index contributed by atoms with van der Waals surface area (Å²) in [5.74, 6) is 0.861. The van der Waals surface area contributed by atoms with Crippen molar-refractivity contribution in [3.63, 3.8) is 0 Å². The highest BCUT2D eigenvalue weighted by Crippen LogP contribution is 2.23. The third kappa shape index (κ3) is 3.88. The van der Waals surface area contributed by atoms with Crippen LogP contribution >= 0.6 is 0 Å². The number of hydrogen-bond acceptors (Lipinski definition) is 7. The van der Waals surface area contributed by atoms with E-state index in [9.17, 15) is 4.79 Å². The monoisotopic (exact) mass is 442 g/mol. The van der Waals surface area contributed by atoms with Crippen LogP contribution in [0.2, 0.25) is 0 Å². The number of amides is 1. The number of piperidine rings is 1. The van der Waals surface area contributed by atoms with E-state index in [1.165, 1.54) is 0 Å². The summed E-state index contributed by atoms with van der Waals surface area (Å²) < 4.78 is 5.43. The lowest BCUT2D eigenvalue weighted by atomic mass is 9.96. The first kappa shape index (κ1) is 19.4. The minimum absolute atomic E-state index is 0.0316. The summed E-state index contributed by atoms with van der Waals surface area (Å²) in [4.78, 5) is 19.6. The molecule has 6 rings (SSSR count). The lowest BCUT2D eigenvalue weighted by molar-refractivity contribution is -0.120. The average molecular weight is 442 g/mol. The summed E-state index contributed by atoms with van der Waals surface area (Å²) in [5, 5.41) is 19.8. The number of rotatable bonds is 5. The fraction of sp³-hybridized carbons (Fsp3) is 0.273. The number of anilines is 2. The lowest BCUT2D eigenvalue weighted by Crippen LogP contribution is -2.38. The quantitative estimate of drug-likeness (QED) is 0.442. The predicted molar refractivity (Wildman–Crippen MR) is 121 cm³/mol. The summed E-state index contributed by atoms with van der Waals surface area (Å²) in [7, 11) is 0. The van der Waals surface area contributed by atoms with Gasteiger partial charge in [-0.15, -0.1) is 15.3 Å². The maximum Gasteiger partial charge on any atom is 0.227 e. The van der Waals surface area contributed by atoms with Crippen molar-refractivity contribution < 1.29 is 4.79 Å². The summed E-state index contributed by atoms with van der Waals surface area (Å²) >= 11 is 0. The summed E-state index contributed by atoms with van der Waals surface area (Å²) in [6.45, 7) is 2.08. The molecule has 0 saturated carbocycles. The number of pyridine rings is 1. The van der Waals surface area contributed by atoms with Crippen LogP contribution in [-0.4, -0.2) is 58.0 Å². The molecular weight excluding hydrogens is 420 g/mol. The van der Waals surface area contributed by atoms with E-state index in [2.05, 4.69) is 35.6 Å². The van der Waals surface area contributed by atoms with Crippen LogP contribution in [0.25, 0.3) is 11.3 Å². The van der Waals surface area contributed by atoms with Crippen LogP contribution in [0.5, 0.6) is 0 Å². The third-order valence-corrected chi connectivity index (χ3v) is 5.98. The van der Waals surface area contributed by atoms with Crippen molar-refractivity contribution in [2.75, 3.05) is 23.3 Å². The second-order valence-corrected chi connectivity index (χ2v) is 8.20. The molecule has 1 aliphatic heterocycles. The molecule has 5 aromatic rings. The molecule has 0 unspecified atom stereocenters. The molecule has 0 aromatic carbocycles. The van der Waals surface area contributed by atoms with Crippen molar-refractivity contribution in [1.29, 1.82) is 0 Å². The highest BCUT2D eigenvalue weighted by molar-refractivity contribution is 5.92. The van der Waals surface area contributed by atoms with E-state index in [0.717, 1.165) is 48.7 Å². The van der Waals surface area contributed by atoms with Crippen LogP contribution in [-0.2, 0) is 11.3 Å². The molecule has 1 saturated heterocycles. The Bertz CT molecular complexity index is 1390. The van der Waals surface area contributed by atoms with Gasteiger partial charge in [0, 0.05) is 37.6 Å².